The summed E-state index contributed by atoms with van der Waals surface area (Å²) in [7, 11) is 1.69. The Kier molecular flexibility index (Phi) is 6.87. The number of hydrogen-bond acceptors (Lipinski definition) is 6. The average molecular weight is 533 g/mol. The highest BCUT2D eigenvalue weighted by molar-refractivity contribution is 6.10. The van der Waals surface area contributed by atoms with Gasteiger partial charge in [-0.25, -0.2) is 4.68 Å². The van der Waals surface area contributed by atoms with Crippen LogP contribution in [0.25, 0.3) is 17.4 Å². The summed E-state index contributed by atoms with van der Waals surface area (Å²) in [6.45, 7) is 3.57. The lowest BCUT2D eigenvalue weighted by Crippen LogP contribution is -2.24. The summed E-state index contributed by atoms with van der Waals surface area (Å²) in [5.41, 5.74) is 0.880. The Morgan fingerprint density at radius 1 is 1.00 bits per heavy atom. The van der Waals surface area contributed by atoms with Crippen LogP contribution in [0.2, 0.25) is 0 Å². The van der Waals surface area contributed by atoms with Gasteiger partial charge in [0.05, 0.1) is 11.4 Å². The average Bonchev–Trinajstić information content (AvgIpc) is 3.16. The molecule has 0 unspecified atom stereocenters. The van der Waals surface area contributed by atoms with Crippen LogP contribution in [0.3, 0.4) is 0 Å². The second-order valence-corrected chi connectivity index (χ2v) is 9.04. The van der Waals surface area contributed by atoms with Crippen LogP contribution in [0.15, 0.2) is 94.2 Å². The number of nitriles is 1. The van der Waals surface area contributed by atoms with Gasteiger partial charge in [0.2, 0.25) is 5.88 Å². The molecule has 0 bridgehead atoms. The van der Waals surface area contributed by atoms with Crippen LogP contribution >= 0.6 is 0 Å². The first kappa shape index (κ1) is 25.9. The van der Waals surface area contributed by atoms with E-state index in [4.69, 9.17) is 4.74 Å². The topological polar surface area (TPSA) is 123 Å². The number of nitrogens with one attached hydrogen (secondary N) is 1. The summed E-state index contributed by atoms with van der Waals surface area (Å²) in [6, 6.07) is 23.0. The Balaban J connectivity index is 1.58. The van der Waals surface area contributed by atoms with E-state index in [2.05, 4.69) is 10.3 Å². The lowest BCUT2D eigenvalue weighted by atomic mass is 10.1. The lowest BCUT2D eigenvalue weighted by Gasteiger charge is -2.11. The normalized spacial score (nSPS) is 11.3. The van der Waals surface area contributed by atoms with Gasteiger partial charge in [0.1, 0.15) is 34.3 Å². The maximum atomic E-state index is 13.5. The van der Waals surface area contributed by atoms with E-state index < -0.39 is 22.6 Å². The fourth-order valence-electron chi connectivity index (χ4n) is 4.26. The molecule has 3 heterocycles. The highest BCUT2D eigenvalue weighted by Gasteiger charge is 2.22. The standard InChI is InChI=1S/C30H24N6O4/c1-19-10-9-13-23(16-19)40-28-24(29(38)35-15-8-7-14-25(35)32-28)17-21(18-31)27(37)33-26-20(2)34(3)36(30(26)39)22-11-5-4-6-12-22/h4-17H,1-3H3,(H,33,37). The zero-order valence-electron chi connectivity index (χ0n) is 22.0. The van der Waals surface area contributed by atoms with Gasteiger partial charge in [-0.15, -0.1) is 0 Å². The molecule has 1 N–H and O–H groups in total. The number of amides is 1. The van der Waals surface area contributed by atoms with Crippen LogP contribution in [-0.4, -0.2) is 24.7 Å². The van der Waals surface area contributed by atoms with Gasteiger partial charge in [0.25, 0.3) is 17.0 Å². The molecule has 0 fully saturated rings. The smallest absolute Gasteiger partial charge is 0.295 e. The van der Waals surface area contributed by atoms with Crippen molar-refractivity contribution in [3.8, 4) is 23.4 Å². The third kappa shape index (κ3) is 4.79. The summed E-state index contributed by atoms with van der Waals surface area (Å²) >= 11 is 0. The van der Waals surface area contributed by atoms with Crippen LogP contribution in [-0.2, 0) is 11.8 Å². The van der Waals surface area contributed by atoms with Crippen LogP contribution in [0, 0.1) is 25.2 Å². The van der Waals surface area contributed by atoms with E-state index in [9.17, 15) is 19.6 Å². The first-order valence-electron chi connectivity index (χ1n) is 12.3. The second-order valence-electron chi connectivity index (χ2n) is 9.04. The van der Waals surface area contributed by atoms with Crippen molar-refractivity contribution in [3.05, 3.63) is 122 Å². The highest BCUT2D eigenvalue weighted by Crippen LogP contribution is 2.25. The van der Waals surface area contributed by atoms with Gasteiger partial charge in [0.15, 0.2) is 0 Å². The van der Waals surface area contributed by atoms with Crippen LogP contribution < -0.4 is 21.2 Å². The molecule has 10 nitrogen and oxygen atoms in total. The van der Waals surface area contributed by atoms with Crippen LogP contribution in [0.4, 0.5) is 5.69 Å². The summed E-state index contributed by atoms with van der Waals surface area (Å²) in [5.74, 6) is -0.483. The van der Waals surface area contributed by atoms with E-state index in [0.717, 1.165) is 11.6 Å². The molecule has 40 heavy (non-hydrogen) atoms. The molecule has 2 aromatic carbocycles. The van der Waals surface area contributed by atoms with Gasteiger partial charge in [-0.3, -0.25) is 23.5 Å². The molecule has 0 radical (unpaired) electrons. The summed E-state index contributed by atoms with van der Waals surface area (Å²) in [6.07, 6.45) is 2.66. The van der Waals surface area contributed by atoms with Gasteiger partial charge < -0.3 is 10.1 Å². The Labute approximate surface area is 228 Å². The van der Waals surface area contributed by atoms with Crippen molar-refractivity contribution in [2.75, 3.05) is 5.32 Å². The van der Waals surface area contributed by atoms with Crippen molar-refractivity contribution in [1.29, 1.82) is 5.26 Å². The number of pyridine rings is 1. The molecule has 0 atom stereocenters. The van der Waals surface area contributed by atoms with Crippen molar-refractivity contribution < 1.29 is 9.53 Å². The van der Waals surface area contributed by atoms with Gasteiger partial charge in [0, 0.05) is 13.2 Å². The Bertz CT molecular complexity index is 1960. The molecule has 0 aliphatic rings. The first-order chi connectivity index (χ1) is 19.3. The number of ether oxygens (including phenoxy) is 1. The molecule has 10 heteroatoms. The van der Waals surface area contributed by atoms with Crippen LogP contribution in [0.1, 0.15) is 16.8 Å². The number of para-hydroxylation sites is 1. The first-order valence-corrected chi connectivity index (χ1v) is 12.3. The number of rotatable bonds is 6. The van der Waals surface area contributed by atoms with Crippen molar-refractivity contribution in [3.63, 3.8) is 0 Å². The van der Waals surface area contributed by atoms with E-state index in [-0.39, 0.29) is 17.1 Å². The number of benzene rings is 2. The van der Waals surface area contributed by atoms with Crippen LogP contribution in [0.5, 0.6) is 11.6 Å². The molecule has 0 saturated heterocycles. The fourth-order valence-corrected chi connectivity index (χ4v) is 4.26. The minimum atomic E-state index is -0.854. The van der Waals surface area contributed by atoms with Gasteiger partial charge in [-0.1, -0.05) is 36.4 Å². The summed E-state index contributed by atoms with van der Waals surface area (Å²) in [4.78, 5) is 44.4. The molecule has 5 rings (SSSR count). The second kappa shape index (κ2) is 10.6. The molecule has 5 aromatic rings. The molecule has 3 aromatic heterocycles. The Hall–Kier alpha value is -5.69. The molecule has 198 valence electrons. The van der Waals surface area contributed by atoms with E-state index in [1.165, 1.54) is 15.3 Å². The molecule has 0 aliphatic carbocycles. The maximum Gasteiger partial charge on any atom is 0.295 e. The summed E-state index contributed by atoms with van der Waals surface area (Å²) in [5, 5.41) is 12.5. The molecule has 0 spiro atoms. The van der Waals surface area contributed by atoms with Gasteiger partial charge in [-0.2, -0.15) is 10.2 Å². The molecular formula is C30H24N6O4. The molecule has 0 aliphatic heterocycles. The maximum absolute atomic E-state index is 13.5. The van der Waals surface area contributed by atoms with Crippen molar-refractivity contribution in [1.82, 2.24) is 18.7 Å². The molecule has 0 saturated carbocycles. The number of carbonyl (C=O) groups is 1. The number of fused-ring (bicyclic) bond motifs is 1. The number of aromatic nitrogens is 4. The Morgan fingerprint density at radius 3 is 2.48 bits per heavy atom. The van der Waals surface area contributed by atoms with E-state index in [1.807, 2.05) is 25.1 Å². The lowest BCUT2D eigenvalue weighted by molar-refractivity contribution is -0.112. The summed E-state index contributed by atoms with van der Waals surface area (Å²) < 4.78 is 10.3. The molecular weight excluding hydrogens is 508 g/mol. The molecule has 1 amide bonds. The zero-order valence-corrected chi connectivity index (χ0v) is 22.0. The van der Waals surface area contributed by atoms with Crippen molar-refractivity contribution in [2.45, 2.75) is 13.8 Å². The number of hydrogen-bond donors (Lipinski definition) is 1. The SMILES string of the molecule is Cc1cccc(Oc2nc3ccccn3c(=O)c2C=C(C#N)C(=O)Nc2c(C)n(C)n(-c3ccccc3)c2=O)c1. The quantitative estimate of drug-likeness (QED) is 0.259. The highest BCUT2D eigenvalue weighted by atomic mass is 16.5. The minimum absolute atomic E-state index is 0.0158. The predicted octanol–water partition coefficient (Wildman–Crippen LogP) is 4.14. The van der Waals surface area contributed by atoms with E-state index >= 15 is 0 Å². The zero-order chi connectivity index (χ0) is 28.4. The monoisotopic (exact) mass is 532 g/mol. The van der Waals surface area contributed by atoms with E-state index in [0.29, 0.717) is 22.8 Å². The largest absolute Gasteiger partial charge is 0.438 e. The fraction of sp³-hybridized carbons (Fsp3) is 0.100. The third-order valence-electron chi connectivity index (χ3n) is 6.38. The number of anilines is 1. The number of carbonyl (C=O) groups excluding carboxylic acids is 1. The van der Waals surface area contributed by atoms with E-state index in [1.54, 1.807) is 79.3 Å². The number of aryl methyl sites for hydroxylation is 1. The predicted molar refractivity (Wildman–Crippen MR) is 151 cm³/mol. The number of nitrogens with zero attached hydrogens (tertiary/aromatic N) is 5. The van der Waals surface area contributed by atoms with Gasteiger partial charge in [-0.05, 0) is 61.9 Å². The third-order valence-corrected chi connectivity index (χ3v) is 6.38. The minimum Gasteiger partial charge on any atom is -0.438 e. The van der Waals surface area contributed by atoms with Gasteiger partial charge >= 0.3 is 0 Å². The Morgan fingerprint density at radius 2 is 1.75 bits per heavy atom. The van der Waals surface area contributed by atoms with Crippen molar-refractivity contribution in [2.24, 2.45) is 7.05 Å². The van der Waals surface area contributed by atoms with Crippen molar-refractivity contribution >= 4 is 23.3 Å².